The minimum atomic E-state index is -0.196. The smallest absolute Gasteiger partial charge is 0.106 e. The zero-order valence-electron chi connectivity index (χ0n) is 7.96. The van der Waals surface area contributed by atoms with Crippen LogP contribution in [0.1, 0.15) is 22.7 Å². The summed E-state index contributed by atoms with van der Waals surface area (Å²) in [6.07, 6.45) is 5.32. The molecule has 68 valence electrons. The highest BCUT2D eigenvalue weighted by Gasteiger charge is 2.05. The van der Waals surface area contributed by atoms with Crippen molar-refractivity contribution in [3.8, 4) is 12.3 Å². The molecule has 2 nitrogen and oxygen atoms in total. The van der Waals surface area contributed by atoms with Crippen molar-refractivity contribution < 1.29 is 0 Å². The van der Waals surface area contributed by atoms with Crippen molar-refractivity contribution in [3.05, 3.63) is 34.9 Å². The zero-order chi connectivity index (χ0) is 9.84. The summed E-state index contributed by atoms with van der Waals surface area (Å²) in [5.41, 5.74) is 6.03. The van der Waals surface area contributed by atoms with Gasteiger partial charge in [-0.25, -0.2) is 5.43 Å². The first-order valence-electron chi connectivity index (χ1n) is 4.18. The predicted octanol–water partition coefficient (Wildman–Crippen LogP) is 1.44. The average Bonchev–Trinajstić information content (AvgIpc) is 2.04. The molecular formula is C11H14N2. The van der Waals surface area contributed by atoms with Crippen LogP contribution in [0.2, 0.25) is 0 Å². The lowest BCUT2D eigenvalue weighted by Crippen LogP contribution is -2.26. The Morgan fingerprint density at radius 2 is 1.85 bits per heavy atom. The van der Waals surface area contributed by atoms with Crippen LogP contribution in [0, 0.1) is 26.2 Å². The summed E-state index contributed by atoms with van der Waals surface area (Å²) in [6, 6.07) is 5.99. The molecule has 0 aliphatic carbocycles. The van der Waals surface area contributed by atoms with E-state index in [0.29, 0.717) is 0 Å². The van der Waals surface area contributed by atoms with Crippen LogP contribution in [0.4, 0.5) is 0 Å². The molecule has 2 heteroatoms. The normalized spacial score (nSPS) is 12.2. The molecular weight excluding hydrogens is 160 g/mol. The van der Waals surface area contributed by atoms with Crippen LogP contribution in [0.15, 0.2) is 18.2 Å². The molecule has 0 spiro atoms. The van der Waals surface area contributed by atoms with Crippen LogP contribution in [0.3, 0.4) is 0 Å². The Bertz CT molecular complexity index is 316. The molecule has 0 amide bonds. The van der Waals surface area contributed by atoms with Gasteiger partial charge in [0.25, 0.3) is 0 Å². The molecule has 3 N–H and O–H groups in total. The topological polar surface area (TPSA) is 38.0 Å². The number of aryl methyl sites for hydroxylation is 2. The fraction of sp³-hybridized carbons (Fsp3) is 0.273. The van der Waals surface area contributed by atoms with Gasteiger partial charge >= 0.3 is 0 Å². The SMILES string of the molecule is C#CC(NN)c1cc(C)cc(C)c1. The Morgan fingerprint density at radius 3 is 2.23 bits per heavy atom. The standard InChI is InChI=1S/C11H14N2/c1-4-11(13-12)10-6-8(2)5-9(3)7-10/h1,5-7,11,13H,12H2,2-3H3. The van der Waals surface area contributed by atoms with Crippen molar-refractivity contribution in [1.82, 2.24) is 5.43 Å². The van der Waals surface area contributed by atoms with Crippen molar-refractivity contribution in [1.29, 1.82) is 0 Å². The molecule has 0 saturated carbocycles. The van der Waals surface area contributed by atoms with Crippen LogP contribution in [0.25, 0.3) is 0 Å². The Labute approximate surface area is 79.1 Å². The molecule has 0 bridgehead atoms. The predicted molar refractivity (Wildman–Crippen MR) is 54.8 cm³/mol. The summed E-state index contributed by atoms with van der Waals surface area (Å²) >= 11 is 0. The van der Waals surface area contributed by atoms with Gasteiger partial charge in [0.15, 0.2) is 0 Å². The number of nitrogens with one attached hydrogen (secondary N) is 1. The van der Waals surface area contributed by atoms with Gasteiger partial charge in [-0.05, 0) is 19.4 Å². The van der Waals surface area contributed by atoms with Crippen molar-refractivity contribution in [2.75, 3.05) is 0 Å². The minimum Gasteiger partial charge on any atom is -0.270 e. The third-order valence-corrected chi connectivity index (χ3v) is 1.91. The van der Waals surface area contributed by atoms with E-state index in [1.165, 1.54) is 11.1 Å². The lowest BCUT2D eigenvalue weighted by molar-refractivity contribution is 0.673. The van der Waals surface area contributed by atoms with Gasteiger partial charge in [0.05, 0.1) is 0 Å². The Hall–Kier alpha value is -1.30. The van der Waals surface area contributed by atoms with Crippen LogP contribution in [-0.2, 0) is 0 Å². The van der Waals surface area contributed by atoms with Gasteiger partial charge in [-0.3, -0.25) is 5.84 Å². The van der Waals surface area contributed by atoms with E-state index in [0.717, 1.165) is 5.56 Å². The summed E-state index contributed by atoms with van der Waals surface area (Å²) in [7, 11) is 0. The quantitative estimate of drug-likeness (QED) is 0.404. The van der Waals surface area contributed by atoms with E-state index in [4.69, 9.17) is 12.3 Å². The molecule has 0 aliphatic rings. The number of hydrogen-bond donors (Lipinski definition) is 2. The monoisotopic (exact) mass is 174 g/mol. The van der Waals surface area contributed by atoms with Gasteiger partial charge in [-0.15, -0.1) is 6.42 Å². The summed E-state index contributed by atoms with van der Waals surface area (Å²) < 4.78 is 0. The summed E-state index contributed by atoms with van der Waals surface area (Å²) in [5.74, 6) is 7.91. The number of benzene rings is 1. The summed E-state index contributed by atoms with van der Waals surface area (Å²) in [6.45, 7) is 4.08. The lowest BCUT2D eigenvalue weighted by Gasteiger charge is -2.11. The van der Waals surface area contributed by atoms with E-state index < -0.39 is 0 Å². The van der Waals surface area contributed by atoms with Gasteiger partial charge in [-0.1, -0.05) is 35.2 Å². The van der Waals surface area contributed by atoms with Gasteiger partial charge in [0, 0.05) is 0 Å². The highest BCUT2D eigenvalue weighted by atomic mass is 15.2. The highest BCUT2D eigenvalue weighted by Crippen LogP contribution is 2.15. The fourth-order valence-electron chi connectivity index (χ4n) is 1.42. The molecule has 1 unspecified atom stereocenters. The van der Waals surface area contributed by atoms with E-state index in [1.807, 2.05) is 26.0 Å². The van der Waals surface area contributed by atoms with E-state index in [1.54, 1.807) is 0 Å². The van der Waals surface area contributed by atoms with Crippen molar-refractivity contribution in [2.24, 2.45) is 5.84 Å². The molecule has 0 heterocycles. The zero-order valence-corrected chi connectivity index (χ0v) is 7.96. The van der Waals surface area contributed by atoms with Crippen LogP contribution in [0.5, 0.6) is 0 Å². The Kier molecular flexibility index (Phi) is 3.07. The molecule has 0 aromatic heterocycles. The molecule has 0 radical (unpaired) electrons. The molecule has 0 saturated heterocycles. The van der Waals surface area contributed by atoms with E-state index in [-0.39, 0.29) is 6.04 Å². The molecule has 1 aromatic rings. The first-order chi connectivity index (χ1) is 6.17. The Morgan fingerprint density at radius 1 is 1.31 bits per heavy atom. The second-order valence-corrected chi connectivity index (χ2v) is 3.19. The summed E-state index contributed by atoms with van der Waals surface area (Å²) in [4.78, 5) is 0. The van der Waals surface area contributed by atoms with Gasteiger partial charge in [0.2, 0.25) is 0 Å². The third kappa shape index (κ3) is 2.32. The first-order valence-corrected chi connectivity index (χ1v) is 4.18. The number of rotatable bonds is 2. The van der Waals surface area contributed by atoms with Crippen LogP contribution >= 0.6 is 0 Å². The van der Waals surface area contributed by atoms with E-state index in [9.17, 15) is 0 Å². The molecule has 13 heavy (non-hydrogen) atoms. The molecule has 0 aliphatic heterocycles. The van der Waals surface area contributed by atoms with Crippen LogP contribution < -0.4 is 11.3 Å². The van der Waals surface area contributed by atoms with Gasteiger partial charge in [0.1, 0.15) is 6.04 Å². The third-order valence-electron chi connectivity index (χ3n) is 1.91. The minimum absolute atomic E-state index is 0.196. The van der Waals surface area contributed by atoms with Crippen molar-refractivity contribution in [2.45, 2.75) is 19.9 Å². The maximum atomic E-state index is 5.32. The lowest BCUT2D eigenvalue weighted by atomic mass is 10.0. The van der Waals surface area contributed by atoms with Gasteiger partial charge in [-0.2, -0.15) is 0 Å². The average molecular weight is 174 g/mol. The first kappa shape index (κ1) is 9.79. The Balaban J connectivity index is 3.08. The summed E-state index contributed by atoms with van der Waals surface area (Å²) in [5, 5.41) is 0. The van der Waals surface area contributed by atoms with Crippen LogP contribution in [-0.4, -0.2) is 0 Å². The number of hydrazine groups is 1. The number of nitrogens with two attached hydrogens (primary N) is 1. The second kappa shape index (κ2) is 4.08. The number of hydrogen-bond acceptors (Lipinski definition) is 2. The largest absolute Gasteiger partial charge is 0.270 e. The molecule has 1 aromatic carbocycles. The number of terminal acetylenes is 1. The molecule has 1 atom stereocenters. The highest BCUT2D eigenvalue weighted by molar-refractivity contribution is 5.33. The molecule has 1 rings (SSSR count). The second-order valence-electron chi connectivity index (χ2n) is 3.19. The molecule has 0 fully saturated rings. The van der Waals surface area contributed by atoms with Crippen molar-refractivity contribution >= 4 is 0 Å². The van der Waals surface area contributed by atoms with E-state index >= 15 is 0 Å². The van der Waals surface area contributed by atoms with Gasteiger partial charge < -0.3 is 0 Å². The fourth-order valence-corrected chi connectivity index (χ4v) is 1.42. The van der Waals surface area contributed by atoms with Crippen molar-refractivity contribution in [3.63, 3.8) is 0 Å². The van der Waals surface area contributed by atoms with E-state index in [2.05, 4.69) is 17.4 Å². The maximum absolute atomic E-state index is 5.32. The maximum Gasteiger partial charge on any atom is 0.106 e.